The third-order valence-corrected chi connectivity index (χ3v) is 4.31. The molecule has 0 radical (unpaired) electrons. The van der Waals surface area contributed by atoms with Gasteiger partial charge in [-0.05, 0) is 31.8 Å². The number of methoxy groups -OCH3 is 1. The zero-order valence-electron chi connectivity index (χ0n) is 14.8. The molecule has 26 heavy (non-hydrogen) atoms. The molecule has 0 amide bonds. The van der Waals surface area contributed by atoms with E-state index in [1.54, 1.807) is 31.1 Å². The summed E-state index contributed by atoms with van der Waals surface area (Å²) in [6.45, 7) is 0.286. The van der Waals surface area contributed by atoms with Crippen LogP contribution in [0.3, 0.4) is 0 Å². The second kappa shape index (κ2) is 6.76. The number of hydrogen-bond acceptors (Lipinski definition) is 7. The van der Waals surface area contributed by atoms with E-state index in [-0.39, 0.29) is 52.9 Å². The minimum absolute atomic E-state index is 0.0124. The van der Waals surface area contributed by atoms with Crippen LogP contribution in [0.1, 0.15) is 34.0 Å². The predicted molar refractivity (Wildman–Crippen MR) is 94.1 cm³/mol. The third-order valence-electron chi connectivity index (χ3n) is 4.31. The molecular weight excluding hydrogens is 338 g/mol. The SMILES string of the molecule is COc1ccc([C@@H]2CC(=O)c3c(cc(O)c(CN(C)C)c3O)O2)cc1O. The van der Waals surface area contributed by atoms with Crippen LogP contribution in [0, 0.1) is 0 Å². The second-order valence-corrected chi connectivity index (χ2v) is 6.50. The summed E-state index contributed by atoms with van der Waals surface area (Å²) in [5, 5.41) is 30.6. The van der Waals surface area contributed by atoms with Crippen LogP contribution in [0.5, 0.6) is 28.7 Å². The molecule has 3 N–H and O–H groups in total. The van der Waals surface area contributed by atoms with E-state index < -0.39 is 6.10 Å². The van der Waals surface area contributed by atoms with Crippen molar-refractivity contribution in [2.24, 2.45) is 0 Å². The third kappa shape index (κ3) is 3.13. The molecule has 0 unspecified atom stereocenters. The van der Waals surface area contributed by atoms with Crippen molar-refractivity contribution in [3.63, 3.8) is 0 Å². The van der Waals surface area contributed by atoms with Gasteiger partial charge in [0, 0.05) is 12.6 Å². The van der Waals surface area contributed by atoms with Gasteiger partial charge in [-0.2, -0.15) is 0 Å². The number of aromatic hydroxyl groups is 3. The summed E-state index contributed by atoms with van der Waals surface area (Å²) in [5.74, 6) is -0.294. The van der Waals surface area contributed by atoms with Crippen molar-refractivity contribution in [2.75, 3.05) is 21.2 Å². The second-order valence-electron chi connectivity index (χ2n) is 6.50. The lowest BCUT2D eigenvalue weighted by Gasteiger charge is -2.27. The van der Waals surface area contributed by atoms with Crippen molar-refractivity contribution >= 4 is 5.78 Å². The number of ether oxygens (including phenoxy) is 2. The van der Waals surface area contributed by atoms with E-state index in [0.717, 1.165) is 0 Å². The number of hydrogen-bond donors (Lipinski definition) is 3. The Kier molecular flexibility index (Phi) is 4.65. The number of carbonyl (C=O) groups excluding carboxylic acids is 1. The molecule has 1 aliphatic heterocycles. The number of carbonyl (C=O) groups is 1. The Morgan fingerprint density at radius 2 is 1.92 bits per heavy atom. The van der Waals surface area contributed by atoms with Crippen LogP contribution in [0.15, 0.2) is 24.3 Å². The van der Waals surface area contributed by atoms with Crippen LogP contribution < -0.4 is 9.47 Å². The van der Waals surface area contributed by atoms with E-state index in [1.165, 1.54) is 19.2 Å². The smallest absolute Gasteiger partial charge is 0.174 e. The fourth-order valence-corrected chi connectivity index (χ4v) is 3.07. The highest BCUT2D eigenvalue weighted by Gasteiger charge is 2.33. The fourth-order valence-electron chi connectivity index (χ4n) is 3.07. The molecule has 3 rings (SSSR count). The molecular formula is C19H21NO6. The van der Waals surface area contributed by atoms with Crippen molar-refractivity contribution in [2.45, 2.75) is 19.1 Å². The molecule has 2 aromatic carbocycles. The number of rotatable bonds is 4. The first-order chi connectivity index (χ1) is 12.3. The number of phenols is 3. The topological polar surface area (TPSA) is 99.5 Å². The van der Waals surface area contributed by atoms with Crippen LogP contribution in [0.4, 0.5) is 0 Å². The lowest BCUT2D eigenvalue weighted by atomic mass is 9.93. The maximum Gasteiger partial charge on any atom is 0.174 e. The summed E-state index contributed by atoms with van der Waals surface area (Å²) in [6.07, 6.45) is -0.622. The number of benzene rings is 2. The number of fused-ring (bicyclic) bond motifs is 1. The Balaban J connectivity index is 1.98. The molecule has 0 aromatic heterocycles. The standard InChI is InChI=1S/C19H21NO6/c1-20(2)9-11-12(21)7-17-18(19(11)24)14(23)8-16(26-17)10-4-5-15(25-3)13(22)6-10/h4-7,16,21-22,24H,8-9H2,1-3H3/t16-/m0/s1. The first-order valence-corrected chi connectivity index (χ1v) is 8.11. The highest BCUT2D eigenvalue weighted by atomic mass is 16.5. The normalized spacial score (nSPS) is 16.3. The summed E-state index contributed by atoms with van der Waals surface area (Å²) >= 11 is 0. The molecule has 1 atom stereocenters. The van der Waals surface area contributed by atoms with E-state index in [0.29, 0.717) is 11.3 Å². The molecule has 138 valence electrons. The van der Waals surface area contributed by atoms with Crippen molar-refractivity contribution in [1.82, 2.24) is 4.90 Å². The van der Waals surface area contributed by atoms with Gasteiger partial charge in [0.1, 0.15) is 28.9 Å². The lowest BCUT2D eigenvalue weighted by molar-refractivity contribution is 0.0843. The lowest BCUT2D eigenvalue weighted by Crippen LogP contribution is -2.21. The van der Waals surface area contributed by atoms with Gasteiger partial charge in [-0.15, -0.1) is 0 Å². The maximum absolute atomic E-state index is 12.6. The van der Waals surface area contributed by atoms with Crippen molar-refractivity contribution in [1.29, 1.82) is 0 Å². The average molecular weight is 359 g/mol. The summed E-state index contributed by atoms with van der Waals surface area (Å²) in [4.78, 5) is 14.4. The van der Waals surface area contributed by atoms with E-state index in [1.807, 2.05) is 0 Å². The number of ketones is 1. The minimum Gasteiger partial charge on any atom is -0.507 e. The largest absolute Gasteiger partial charge is 0.507 e. The van der Waals surface area contributed by atoms with Crippen LogP contribution in [-0.2, 0) is 6.54 Å². The Morgan fingerprint density at radius 3 is 2.54 bits per heavy atom. The fraction of sp³-hybridized carbons (Fsp3) is 0.316. The molecule has 7 heteroatoms. The maximum atomic E-state index is 12.6. The average Bonchev–Trinajstić information content (AvgIpc) is 2.57. The summed E-state index contributed by atoms with van der Waals surface area (Å²) in [6, 6.07) is 6.11. The number of phenolic OH excluding ortho intramolecular Hbond substituents is 3. The molecule has 0 fully saturated rings. The Hall–Kier alpha value is -2.93. The minimum atomic E-state index is -0.634. The molecule has 0 saturated heterocycles. The van der Waals surface area contributed by atoms with Crippen molar-refractivity contribution in [3.05, 3.63) is 41.0 Å². The van der Waals surface area contributed by atoms with Crippen LogP contribution >= 0.6 is 0 Å². The number of nitrogens with zero attached hydrogens (tertiary/aromatic N) is 1. The van der Waals surface area contributed by atoms with E-state index >= 15 is 0 Å². The van der Waals surface area contributed by atoms with Gasteiger partial charge in [0.15, 0.2) is 17.3 Å². The molecule has 0 bridgehead atoms. The Morgan fingerprint density at radius 1 is 1.19 bits per heavy atom. The van der Waals surface area contributed by atoms with Gasteiger partial charge in [0.05, 0.1) is 19.1 Å². The zero-order valence-corrected chi connectivity index (χ0v) is 14.8. The van der Waals surface area contributed by atoms with Gasteiger partial charge in [0.25, 0.3) is 0 Å². The van der Waals surface area contributed by atoms with Crippen LogP contribution in [0.25, 0.3) is 0 Å². The van der Waals surface area contributed by atoms with Crippen molar-refractivity contribution in [3.8, 4) is 28.7 Å². The first kappa shape index (κ1) is 17.9. The number of Topliss-reactive ketones (excluding diaryl/α,β-unsaturated/α-hetero) is 1. The van der Waals surface area contributed by atoms with Gasteiger partial charge in [-0.1, -0.05) is 6.07 Å². The summed E-state index contributed by atoms with van der Waals surface area (Å²) in [7, 11) is 5.04. The van der Waals surface area contributed by atoms with E-state index in [4.69, 9.17) is 9.47 Å². The zero-order chi connectivity index (χ0) is 19.0. The Labute approximate surface area is 151 Å². The van der Waals surface area contributed by atoms with Gasteiger partial charge >= 0.3 is 0 Å². The van der Waals surface area contributed by atoms with Crippen LogP contribution in [0.2, 0.25) is 0 Å². The van der Waals surface area contributed by atoms with Gasteiger partial charge in [-0.25, -0.2) is 0 Å². The molecule has 0 aliphatic carbocycles. The molecule has 2 aromatic rings. The summed E-state index contributed by atoms with van der Waals surface area (Å²) in [5.41, 5.74) is 0.957. The highest BCUT2D eigenvalue weighted by molar-refractivity contribution is 6.03. The quantitative estimate of drug-likeness (QED) is 0.771. The molecule has 1 aliphatic rings. The highest BCUT2D eigenvalue weighted by Crippen LogP contribution is 2.45. The van der Waals surface area contributed by atoms with E-state index in [9.17, 15) is 20.1 Å². The van der Waals surface area contributed by atoms with Crippen LogP contribution in [-0.4, -0.2) is 47.2 Å². The first-order valence-electron chi connectivity index (χ1n) is 8.11. The Bertz CT molecular complexity index is 862. The van der Waals surface area contributed by atoms with Gasteiger partial charge < -0.3 is 29.7 Å². The molecule has 0 saturated carbocycles. The monoisotopic (exact) mass is 359 g/mol. The predicted octanol–water partition coefficient (Wildman–Crippen LogP) is 2.58. The molecule has 1 heterocycles. The molecule has 7 nitrogen and oxygen atoms in total. The van der Waals surface area contributed by atoms with Crippen molar-refractivity contribution < 1.29 is 29.6 Å². The summed E-state index contributed by atoms with van der Waals surface area (Å²) < 4.78 is 10.8. The van der Waals surface area contributed by atoms with Gasteiger partial charge in [-0.3, -0.25) is 4.79 Å². The van der Waals surface area contributed by atoms with Gasteiger partial charge in [0.2, 0.25) is 0 Å². The molecule has 0 spiro atoms. The van der Waals surface area contributed by atoms with E-state index in [2.05, 4.69) is 0 Å².